The molecule has 1 heterocycles. The quantitative estimate of drug-likeness (QED) is 0.491. The van der Waals surface area contributed by atoms with Gasteiger partial charge in [-0.1, -0.05) is 70.9 Å². The van der Waals surface area contributed by atoms with E-state index in [1.165, 1.54) is 44.1 Å². The van der Waals surface area contributed by atoms with Gasteiger partial charge in [-0.05, 0) is 24.5 Å². The van der Waals surface area contributed by atoms with Crippen molar-refractivity contribution in [3.8, 4) is 0 Å². The summed E-state index contributed by atoms with van der Waals surface area (Å²) < 4.78 is 5.70. The third-order valence-electron chi connectivity index (χ3n) is 4.52. The molecule has 0 saturated carbocycles. The predicted molar refractivity (Wildman–Crippen MR) is 78.9 cm³/mol. The molecule has 2 nitrogen and oxygen atoms in total. The predicted octanol–water partition coefficient (Wildman–Crippen LogP) is 4.49. The van der Waals surface area contributed by atoms with Gasteiger partial charge in [0.15, 0.2) is 5.60 Å². The van der Waals surface area contributed by atoms with Crippen LogP contribution in [0, 0.1) is 0 Å². The maximum absolute atomic E-state index is 10.3. The van der Waals surface area contributed by atoms with E-state index >= 15 is 0 Å². The number of epoxide rings is 1. The minimum Gasteiger partial charge on any atom is -0.360 e. The zero-order valence-corrected chi connectivity index (χ0v) is 12.5. The van der Waals surface area contributed by atoms with Crippen molar-refractivity contribution in [2.24, 2.45) is 0 Å². The van der Waals surface area contributed by atoms with E-state index in [-0.39, 0.29) is 5.60 Å². The van der Waals surface area contributed by atoms with Crippen molar-refractivity contribution < 1.29 is 9.84 Å². The molecule has 0 aromatic carbocycles. The van der Waals surface area contributed by atoms with E-state index in [0.717, 1.165) is 19.3 Å². The van der Waals surface area contributed by atoms with Crippen LogP contribution in [0.1, 0.15) is 71.6 Å². The Kier molecular flexibility index (Phi) is 4.86. The largest absolute Gasteiger partial charge is 0.360 e. The lowest BCUT2D eigenvalue weighted by atomic mass is 9.83. The van der Waals surface area contributed by atoms with Crippen molar-refractivity contribution >= 4 is 0 Å². The van der Waals surface area contributed by atoms with Gasteiger partial charge in [-0.25, -0.2) is 0 Å². The number of hydrogen-bond donors (Lipinski definition) is 1. The normalized spacial score (nSPS) is 32.1. The highest BCUT2D eigenvalue weighted by Gasteiger charge is 2.69. The smallest absolute Gasteiger partial charge is 0.220 e. The number of unbranched alkanes of at least 4 members (excludes halogenated alkanes) is 6. The van der Waals surface area contributed by atoms with Crippen LogP contribution in [0.25, 0.3) is 0 Å². The summed E-state index contributed by atoms with van der Waals surface area (Å²) in [6, 6.07) is 0. The Balaban J connectivity index is 1.71. The average Bonchev–Trinajstić information content (AvgIpc) is 3.03. The van der Waals surface area contributed by atoms with Gasteiger partial charge in [-0.15, -0.1) is 0 Å². The second-order valence-electron chi connectivity index (χ2n) is 5.90. The van der Waals surface area contributed by atoms with Crippen LogP contribution in [-0.2, 0) is 4.74 Å². The van der Waals surface area contributed by atoms with E-state index in [9.17, 15) is 5.11 Å². The van der Waals surface area contributed by atoms with Crippen LogP contribution in [-0.4, -0.2) is 16.5 Å². The molecular formula is C17H28O2. The first-order chi connectivity index (χ1) is 9.18. The highest BCUT2D eigenvalue weighted by atomic mass is 16.7. The van der Waals surface area contributed by atoms with Crippen molar-refractivity contribution in [1.82, 2.24) is 0 Å². The summed E-state index contributed by atoms with van der Waals surface area (Å²) in [4.78, 5) is 0. The van der Waals surface area contributed by atoms with Gasteiger partial charge >= 0.3 is 0 Å². The Morgan fingerprint density at radius 3 is 2.42 bits per heavy atom. The fourth-order valence-corrected chi connectivity index (χ4v) is 3.26. The zero-order chi connectivity index (χ0) is 13.8. The molecule has 1 N–H and O–H groups in total. The minimum absolute atomic E-state index is 0.375. The molecule has 0 radical (unpaired) electrons. The molecule has 19 heavy (non-hydrogen) atoms. The fraction of sp³-hybridized carbons (Fsp3) is 0.765. The molecule has 2 unspecified atom stereocenters. The lowest BCUT2D eigenvalue weighted by Gasteiger charge is -2.19. The Morgan fingerprint density at radius 1 is 1.05 bits per heavy atom. The van der Waals surface area contributed by atoms with Gasteiger partial charge < -0.3 is 9.84 Å². The van der Waals surface area contributed by atoms with E-state index in [1.807, 2.05) is 6.08 Å². The molecule has 0 aromatic rings. The number of hydrogen-bond acceptors (Lipinski definition) is 2. The number of fused-ring (bicyclic) bond motifs is 1. The standard InChI is InChI=1S/C17H28O2/c1-3-5-6-7-8-9-10-13-16-15(4-2)12-11-14-17(16,18)19-16/h11-12,14,18H,3-10,13H2,1-2H3. The van der Waals surface area contributed by atoms with Crippen molar-refractivity contribution in [2.75, 3.05) is 0 Å². The summed E-state index contributed by atoms with van der Waals surface area (Å²) in [5, 5.41) is 10.3. The molecule has 1 fully saturated rings. The summed E-state index contributed by atoms with van der Waals surface area (Å²) >= 11 is 0. The van der Waals surface area contributed by atoms with Crippen LogP contribution in [0.2, 0.25) is 0 Å². The summed E-state index contributed by atoms with van der Waals surface area (Å²) in [7, 11) is 0. The van der Waals surface area contributed by atoms with Crippen LogP contribution in [0.5, 0.6) is 0 Å². The highest BCUT2D eigenvalue weighted by Crippen LogP contribution is 2.57. The first-order valence-electron chi connectivity index (χ1n) is 8.00. The minimum atomic E-state index is -0.991. The van der Waals surface area contributed by atoms with Crippen LogP contribution >= 0.6 is 0 Å². The lowest BCUT2D eigenvalue weighted by molar-refractivity contribution is 0.0825. The van der Waals surface area contributed by atoms with Crippen LogP contribution in [0.15, 0.2) is 23.8 Å². The lowest BCUT2D eigenvalue weighted by Crippen LogP contribution is -2.28. The molecule has 2 aliphatic rings. The van der Waals surface area contributed by atoms with Gasteiger partial charge in [0.25, 0.3) is 0 Å². The average molecular weight is 264 g/mol. The third-order valence-corrected chi connectivity index (χ3v) is 4.52. The number of ether oxygens (including phenoxy) is 1. The second-order valence-corrected chi connectivity index (χ2v) is 5.90. The van der Waals surface area contributed by atoms with Crippen LogP contribution in [0.4, 0.5) is 0 Å². The van der Waals surface area contributed by atoms with Crippen molar-refractivity contribution in [3.05, 3.63) is 23.8 Å². The van der Waals surface area contributed by atoms with Gasteiger partial charge in [-0.2, -0.15) is 0 Å². The van der Waals surface area contributed by atoms with Crippen molar-refractivity contribution in [3.63, 3.8) is 0 Å². The number of allylic oxidation sites excluding steroid dienone is 2. The van der Waals surface area contributed by atoms with Gasteiger partial charge in [0.1, 0.15) is 0 Å². The van der Waals surface area contributed by atoms with Gasteiger partial charge in [0.2, 0.25) is 5.79 Å². The van der Waals surface area contributed by atoms with E-state index in [2.05, 4.69) is 19.9 Å². The van der Waals surface area contributed by atoms with Crippen molar-refractivity contribution in [1.29, 1.82) is 0 Å². The van der Waals surface area contributed by atoms with E-state index < -0.39 is 5.79 Å². The molecule has 0 amide bonds. The summed E-state index contributed by atoms with van der Waals surface area (Å²) in [6.45, 7) is 4.39. The molecule has 0 bridgehead atoms. The van der Waals surface area contributed by atoms with Crippen LogP contribution < -0.4 is 0 Å². The maximum Gasteiger partial charge on any atom is 0.220 e. The highest BCUT2D eigenvalue weighted by molar-refractivity contribution is 5.42. The molecule has 1 aliphatic heterocycles. The molecule has 0 aromatic heterocycles. The molecule has 1 saturated heterocycles. The van der Waals surface area contributed by atoms with Crippen molar-refractivity contribution in [2.45, 2.75) is 83.0 Å². The fourth-order valence-electron chi connectivity index (χ4n) is 3.26. The summed E-state index contributed by atoms with van der Waals surface area (Å²) in [5.41, 5.74) is 0.878. The Labute approximate surface area is 117 Å². The molecule has 1 aliphatic carbocycles. The topological polar surface area (TPSA) is 32.8 Å². The first kappa shape index (κ1) is 14.8. The van der Waals surface area contributed by atoms with E-state index in [4.69, 9.17) is 4.74 Å². The van der Waals surface area contributed by atoms with Crippen LogP contribution in [0.3, 0.4) is 0 Å². The Bertz CT molecular complexity index is 358. The molecule has 2 heteroatoms. The zero-order valence-electron chi connectivity index (χ0n) is 12.5. The van der Waals surface area contributed by atoms with E-state index in [1.54, 1.807) is 6.08 Å². The molecule has 2 atom stereocenters. The van der Waals surface area contributed by atoms with Gasteiger partial charge in [0, 0.05) is 0 Å². The Hall–Kier alpha value is -0.600. The summed E-state index contributed by atoms with van der Waals surface area (Å²) in [5.74, 6) is -0.991. The number of rotatable bonds is 9. The van der Waals surface area contributed by atoms with Gasteiger partial charge in [-0.3, -0.25) is 0 Å². The summed E-state index contributed by atoms with van der Waals surface area (Å²) in [6.07, 6.45) is 16.9. The molecule has 108 valence electrons. The second kappa shape index (κ2) is 6.23. The SMILES string of the molecule is CCCCCCCCCC12OC1(O)C=CC=C2CC. The molecule has 2 rings (SSSR count). The third kappa shape index (κ3) is 2.95. The van der Waals surface area contributed by atoms with Gasteiger partial charge in [0.05, 0.1) is 0 Å². The van der Waals surface area contributed by atoms with E-state index in [0.29, 0.717) is 0 Å². The number of aliphatic hydroxyl groups is 1. The molecule has 0 spiro atoms. The maximum atomic E-state index is 10.3. The monoisotopic (exact) mass is 264 g/mol. The first-order valence-corrected chi connectivity index (χ1v) is 8.00. The molecular weight excluding hydrogens is 236 g/mol. The Morgan fingerprint density at radius 2 is 1.74 bits per heavy atom.